The maximum Gasteiger partial charge on any atom is 0.252 e. The van der Waals surface area contributed by atoms with Gasteiger partial charge in [0.2, 0.25) is 0 Å². The fourth-order valence-corrected chi connectivity index (χ4v) is 4.77. The molecule has 0 aliphatic heterocycles. The van der Waals surface area contributed by atoms with Crippen molar-refractivity contribution in [2.24, 2.45) is 5.73 Å². The van der Waals surface area contributed by atoms with Gasteiger partial charge in [0.15, 0.2) is 0 Å². The smallest absolute Gasteiger partial charge is 0.252 e. The summed E-state index contributed by atoms with van der Waals surface area (Å²) in [5.41, 5.74) is 6.52. The number of nitrogens with zero attached hydrogens (tertiary/aromatic N) is 1. The van der Waals surface area contributed by atoms with E-state index >= 15 is 0 Å². The van der Waals surface area contributed by atoms with Gasteiger partial charge in [-0.3, -0.25) is 0 Å². The van der Waals surface area contributed by atoms with Gasteiger partial charge in [0.25, 0.3) is 10.0 Å². The molecule has 0 saturated carbocycles. The fourth-order valence-electron chi connectivity index (χ4n) is 1.89. The van der Waals surface area contributed by atoms with Gasteiger partial charge < -0.3 is 5.73 Å². The maximum atomic E-state index is 12.6. The zero-order chi connectivity index (χ0) is 14.6. The molecule has 2 N–H and O–H groups in total. The lowest BCUT2D eigenvalue weighted by atomic mass is 10.2. The Bertz CT molecular complexity index is 651. The number of aryl methyl sites for hydroxylation is 1. The molecule has 0 fully saturated rings. The van der Waals surface area contributed by atoms with E-state index in [1.54, 1.807) is 6.07 Å². The third kappa shape index (κ3) is 3.46. The molecule has 0 bridgehead atoms. The lowest BCUT2D eigenvalue weighted by Crippen LogP contribution is -2.34. The molecule has 2 aromatic rings. The first kappa shape index (κ1) is 15.2. The number of benzene rings is 1. The SMILES string of the molecule is Cc1ccc(S(=O)(=O)N(CCN)Cc2ccccc2)s1. The summed E-state index contributed by atoms with van der Waals surface area (Å²) in [5, 5.41) is 0. The van der Waals surface area contributed by atoms with Crippen molar-refractivity contribution >= 4 is 21.4 Å². The highest BCUT2D eigenvalue weighted by atomic mass is 32.2. The number of rotatable bonds is 6. The van der Waals surface area contributed by atoms with Gasteiger partial charge in [-0.1, -0.05) is 30.3 Å². The zero-order valence-corrected chi connectivity index (χ0v) is 13.0. The molecule has 1 aromatic carbocycles. The van der Waals surface area contributed by atoms with E-state index in [1.165, 1.54) is 15.6 Å². The van der Waals surface area contributed by atoms with Crippen molar-refractivity contribution in [3.05, 3.63) is 52.9 Å². The third-order valence-corrected chi connectivity index (χ3v) is 6.20. The molecule has 1 heterocycles. The standard InChI is InChI=1S/C14H18N2O2S2/c1-12-7-8-14(19-12)20(17,18)16(10-9-15)11-13-5-3-2-4-6-13/h2-8H,9-11,15H2,1H3. The maximum absolute atomic E-state index is 12.6. The van der Waals surface area contributed by atoms with Crippen LogP contribution in [0.3, 0.4) is 0 Å². The Morgan fingerprint density at radius 3 is 2.40 bits per heavy atom. The van der Waals surface area contributed by atoms with Crippen molar-refractivity contribution in [2.45, 2.75) is 17.7 Å². The highest BCUT2D eigenvalue weighted by Gasteiger charge is 2.25. The predicted molar refractivity (Wildman–Crippen MR) is 82.1 cm³/mol. The van der Waals surface area contributed by atoms with Crippen LogP contribution >= 0.6 is 11.3 Å². The van der Waals surface area contributed by atoms with Crippen LogP contribution in [0.1, 0.15) is 10.4 Å². The van der Waals surface area contributed by atoms with E-state index in [1.807, 2.05) is 43.3 Å². The molecule has 0 aliphatic rings. The van der Waals surface area contributed by atoms with Gasteiger partial charge in [-0.05, 0) is 24.6 Å². The van der Waals surface area contributed by atoms with Crippen LogP contribution in [-0.4, -0.2) is 25.8 Å². The van der Waals surface area contributed by atoms with Gasteiger partial charge in [-0.25, -0.2) is 8.42 Å². The second kappa shape index (κ2) is 6.49. The third-order valence-electron chi connectivity index (χ3n) is 2.89. The van der Waals surface area contributed by atoms with Crippen molar-refractivity contribution in [1.29, 1.82) is 0 Å². The van der Waals surface area contributed by atoms with Crippen LogP contribution < -0.4 is 5.73 Å². The molecular formula is C14H18N2O2S2. The Hall–Kier alpha value is -1.21. The number of nitrogens with two attached hydrogens (primary N) is 1. The van der Waals surface area contributed by atoms with Gasteiger partial charge in [-0.15, -0.1) is 11.3 Å². The van der Waals surface area contributed by atoms with Crippen molar-refractivity contribution in [3.63, 3.8) is 0 Å². The normalized spacial score (nSPS) is 11.9. The van der Waals surface area contributed by atoms with Crippen LogP contribution in [-0.2, 0) is 16.6 Å². The zero-order valence-electron chi connectivity index (χ0n) is 11.3. The molecule has 2 rings (SSSR count). The molecule has 1 aromatic heterocycles. The Balaban J connectivity index is 2.28. The first-order valence-electron chi connectivity index (χ1n) is 6.34. The molecular weight excluding hydrogens is 292 g/mol. The number of thiophene rings is 1. The molecule has 6 heteroatoms. The summed E-state index contributed by atoms with van der Waals surface area (Å²) >= 11 is 1.29. The van der Waals surface area contributed by atoms with Crippen LogP contribution in [0.25, 0.3) is 0 Å². The van der Waals surface area contributed by atoms with E-state index < -0.39 is 10.0 Å². The van der Waals surface area contributed by atoms with Crippen LogP contribution in [0.15, 0.2) is 46.7 Å². The molecule has 20 heavy (non-hydrogen) atoms. The van der Waals surface area contributed by atoms with Crippen LogP contribution in [0.4, 0.5) is 0 Å². The Labute approximate surface area is 123 Å². The van der Waals surface area contributed by atoms with Gasteiger partial charge in [0.05, 0.1) is 0 Å². The average molecular weight is 310 g/mol. The van der Waals surface area contributed by atoms with E-state index in [2.05, 4.69) is 0 Å². The topological polar surface area (TPSA) is 63.4 Å². The summed E-state index contributed by atoms with van der Waals surface area (Å²) in [6.45, 7) is 2.86. The van der Waals surface area contributed by atoms with Crippen molar-refractivity contribution in [3.8, 4) is 0 Å². The predicted octanol–water partition coefficient (Wildman–Crippen LogP) is 2.21. The largest absolute Gasteiger partial charge is 0.329 e. The highest BCUT2D eigenvalue weighted by molar-refractivity contribution is 7.91. The van der Waals surface area contributed by atoms with E-state index in [0.717, 1.165) is 10.4 Å². The summed E-state index contributed by atoms with van der Waals surface area (Å²) in [6.07, 6.45) is 0. The highest BCUT2D eigenvalue weighted by Crippen LogP contribution is 2.25. The summed E-state index contributed by atoms with van der Waals surface area (Å²) in [6, 6.07) is 13.0. The molecule has 0 saturated heterocycles. The van der Waals surface area contributed by atoms with Crippen molar-refractivity contribution < 1.29 is 8.42 Å². The average Bonchev–Trinajstić information content (AvgIpc) is 2.87. The van der Waals surface area contributed by atoms with E-state index in [-0.39, 0.29) is 0 Å². The van der Waals surface area contributed by atoms with Gasteiger partial charge in [0, 0.05) is 24.5 Å². The van der Waals surface area contributed by atoms with E-state index in [9.17, 15) is 8.42 Å². The number of hydrogen-bond acceptors (Lipinski definition) is 4. The molecule has 0 spiro atoms. The summed E-state index contributed by atoms with van der Waals surface area (Å²) in [7, 11) is -3.47. The minimum absolute atomic E-state index is 0.302. The second-order valence-electron chi connectivity index (χ2n) is 4.48. The summed E-state index contributed by atoms with van der Waals surface area (Å²) in [5.74, 6) is 0. The molecule has 0 unspecified atom stereocenters. The molecule has 0 amide bonds. The Morgan fingerprint density at radius 2 is 1.85 bits per heavy atom. The van der Waals surface area contributed by atoms with Crippen LogP contribution in [0.2, 0.25) is 0 Å². The number of sulfonamides is 1. The summed E-state index contributed by atoms with van der Waals surface area (Å²) < 4.78 is 27.1. The Morgan fingerprint density at radius 1 is 1.15 bits per heavy atom. The van der Waals surface area contributed by atoms with Crippen LogP contribution in [0.5, 0.6) is 0 Å². The van der Waals surface area contributed by atoms with Gasteiger partial charge in [-0.2, -0.15) is 4.31 Å². The lowest BCUT2D eigenvalue weighted by Gasteiger charge is -2.20. The quantitative estimate of drug-likeness (QED) is 0.889. The summed E-state index contributed by atoms with van der Waals surface area (Å²) in [4.78, 5) is 0.982. The Kier molecular flexibility index (Phi) is 4.93. The molecule has 0 aliphatic carbocycles. The van der Waals surface area contributed by atoms with E-state index in [0.29, 0.717) is 23.8 Å². The van der Waals surface area contributed by atoms with E-state index in [4.69, 9.17) is 5.73 Å². The first-order valence-corrected chi connectivity index (χ1v) is 8.60. The molecule has 108 valence electrons. The molecule has 4 nitrogen and oxygen atoms in total. The van der Waals surface area contributed by atoms with Crippen LogP contribution in [0, 0.1) is 6.92 Å². The lowest BCUT2D eigenvalue weighted by molar-refractivity contribution is 0.415. The van der Waals surface area contributed by atoms with Gasteiger partial charge in [0.1, 0.15) is 4.21 Å². The molecule has 0 atom stereocenters. The first-order chi connectivity index (χ1) is 9.54. The van der Waals surface area contributed by atoms with Gasteiger partial charge >= 0.3 is 0 Å². The number of hydrogen-bond donors (Lipinski definition) is 1. The second-order valence-corrected chi connectivity index (χ2v) is 7.93. The minimum Gasteiger partial charge on any atom is -0.329 e. The van der Waals surface area contributed by atoms with Crippen molar-refractivity contribution in [2.75, 3.05) is 13.1 Å². The minimum atomic E-state index is -3.47. The monoisotopic (exact) mass is 310 g/mol. The fraction of sp³-hybridized carbons (Fsp3) is 0.286. The van der Waals surface area contributed by atoms with Crippen molar-refractivity contribution in [1.82, 2.24) is 4.31 Å². The molecule has 0 radical (unpaired) electrons.